The minimum absolute atomic E-state index is 0.0496. The lowest BCUT2D eigenvalue weighted by Crippen LogP contribution is -2.22. The molecule has 23 heavy (non-hydrogen) atoms. The normalized spacial score (nSPS) is 15.3. The standard InChI is InChI=1S/C15H17BrN4OS2/c1-8-3-6-12(11(16)7-8)18-13(21)9(2)22-15-20-19-14(23-15)17-10-4-5-10/h3,6-7,9-10H,4-5H2,1-2H3,(H,17,19)(H,18,21). The van der Waals surface area contributed by atoms with E-state index in [2.05, 4.69) is 36.8 Å². The number of nitrogens with zero attached hydrogens (tertiary/aromatic N) is 2. The number of aromatic nitrogens is 2. The number of aryl methyl sites for hydroxylation is 1. The molecule has 0 aliphatic heterocycles. The van der Waals surface area contributed by atoms with E-state index in [1.54, 1.807) is 0 Å². The predicted octanol–water partition coefficient (Wildman–Crippen LogP) is 4.30. The molecule has 1 unspecified atom stereocenters. The molecule has 1 saturated carbocycles. The first kappa shape index (κ1) is 16.7. The fourth-order valence-electron chi connectivity index (χ4n) is 1.88. The maximum atomic E-state index is 12.3. The fourth-order valence-corrected chi connectivity index (χ4v) is 4.44. The van der Waals surface area contributed by atoms with Crippen molar-refractivity contribution in [3.8, 4) is 0 Å². The van der Waals surface area contributed by atoms with Crippen LogP contribution in [0.2, 0.25) is 0 Å². The molecule has 0 spiro atoms. The fraction of sp³-hybridized carbons (Fsp3) is 0.400. The van der Waals surface area contributed by atoms with Crippen molar-refractivity contribution in [2.75, 3.05) is 10.6 Å². The summed E-state index contributed by atoms with van der Waals surface area (Å²) in [5, 5.41) is 15.1. The molecular formula is C15H17BrN4OS2. The Labute approximate surface area is 151 Å². The Bertz CT molecular complexity index is 717. The SMILES string of the molecule is Cc1ccc(NC(=O)C(C)Sc2nnc(NC3CC3)s2)c(Br)c1. The van der Waals surface area contributed by atoms with E-state index in [9.17, 15) is 4.79 Å². The second kappa shape index (κ2) is 7.19. The van der Waals surface area contributed by atoms with E-state index in [4.69, 9.17) is 0 Å². The predicted molar refractivity (Wildman–Crippen MR) is 99.4 cm³/mol. The first-order chi connectivity index (χ1) is 11.0. The summed E-state index contributed by atoms with van der Waals surface area (Å²) < 4.78 is 1.69. The number of benzene rings is 1. The summed E-state index contributed by atoms with van der Waals surface area (Å²) in [6.45, 7) is 3.88. The first-order valence-corrected chi connectivity index (χ1v) is 9.84. The van der Waals surface area contributed by atoms with E-state index >= 15 is 0 Å². The Hall–Kier alpha value is -1.12. The van der Waals surface area contributed by atoms with Crippen molar-refractivity contribution < 1.29 is 4.79 Å². The van der Waals surface area contributed by atoms with Crippen molar-refractivity contribution in [1.29, 1.82) is 0 Å². The third-order valence-electron chi connectivity index (χ3n) is 3.34. The number of hydrogen-bond donors (Lipinski definition) is 2. The van der Waals surface area contributed by atoms with Gasteiger partial charge in [0.2, 0.25) is 11.0 Å². The van der Waals surface area contributed by atoms with Gasteiger partial charge in [-0.3, -0.25) is 4.79 Å². The average molecular weight is 413 g/mol. The van der Waals surface area contributed by atoms with Gasteiger partial charge in [0.1, 0.15) is 0 Å². The highest BCUT2D eigenvalue weighted by atomic mass is 79.9. The molecule has 122 valence electrons. The second-order valence-corrected chi connectivity index (χ2v) is 8.94. The van der Waals surface area contributed by atoms with Gasteiger partial charge in [0.05, 0.1) is 10.9 Å². The van der Waals surface area contributed by atoms with Crippen LogP contribution in [0.1, 0.15) is 25.3 Å². The lowest BCUT2D eigenvalue weighted by molar-refractivity contribution is -0.115. The van der Waals surface area contributed by atoms with Crippen LogP contribution in [0.5, 0.6) is 0 Å². The van der Waals surface area contributed by atoms with E-state index in [-0.39, 0.29) is 11.2 Å². The molecule has 8 heteroatoms. The number of hydrogen-bond acceptors (Lipinski definition) is 6. The largest absolute Gasteiger partial charge is 0.357 e. The van der Waals surface area contributed by atoms with Gasteiger partial charge in [0, 0.05) is 10.5 Å². The number of rotatable bonds is 6. The lowest BCUT2D eigenvalue weighted by Gasteiger charge is -2.12. The maximum Gasteiger partial charge on any atom is 0.237 e. The molecule has 0 saturated heterocycles. The van der Waals surface area contributed by atoms with Gasteiger partial charge in [0.15, 0.2) is 4.34 Å². The number of thioether (sulfide) groups is 1. The van der Waals surface area contributed by atoms with Crippen molar-refractivity contribution in [1.82, 2.24) is 10.2 Å². The quantitative estimate of drug-likeness (QED) is 0.692. The zero-order chi connectivity index (χ0) is 16.4. The highest BCUT2D eigenvalue weighted by molar-refractivity contribution is 9.10. The highest BCUT2D eigenvalue weighted by Gasteiger charge is 2.23. The molecule has 1 amide bonds. The van der Waals surface area contributed by atoms with Gasteiger partial charge in [-0.25, -0.2) is 0 Å². The molecular weight excluding hydrogens is 396 g/mol. The van der Waals surface area contributed by atoms with Gasteiger partial charge in [-0.15, -0.1) is 10.2 Å². The van der Waals surface area contributed by atoms with Gasteiger partial charge in [-0.05, 0) is 60.3 Å². The van der Waals surface area contributed by atoms with E-state index < -0.39 is 0 Å². The van der Waals surface area contributed by atoms with E-state index in [1.165, 1.54) is 35.9 Å². The van der Waals surface area contributed by atoms with Gasteiger partial charge in [-0.1, -0.05) is 29.2 Å². The third kappa shape index (κ3) is 4.68. The van der Waals surface area contributed by atoms with E-state index in [0.29, 0.717) is 6.04 Å². The summed E-state index contributed by atoms with van der Waals surface area (Å²) in [4.78, 5) is 12.3. The average Bonchev–Trinajstić information content (AvgIpc) is 3.20. The van der Waals surface area contributed by atoms with Crippen LogP contribution < -0.4 is 10.6 Å². The lowest BCUT2D eigenvalue weighted by atomic mass is 10.2. The van der Waals surface area contributed by atoms with Crippen LogP contribution >= 0.6 is 39.0 Å². The Kier molecular flexibility index (Phi) is 5.23. The van der Waals surface area contributed by atoms with Crippen LogP contribution in [0.15, 0.2) is 27.0 Å². The molecule has 2 aromatic rings. The van der Waals surface area contributed by atoms with Gasteiger partial charge >= 0.3 is 0 Å². The second-order valence-electron chi connectivity index (χ2n) is 5.52. The van der Waals surface area contributed by atoms with E-state index in [0.717, 1.165) is 25.2 Å². The van der Waals surface area contributed by atoms with Crippen LogP contribution in [-0.2, 0) is 4.79 Å². The monoisotopic (exact) mass is 412 g/mol. The number of anilines is 2. The summed E-state index contributed by atoms with van der Waals surface area (Å²) >= 11 is 6.40. The molecule has 3 rings (SSSR count). The zero-order valence-corrected chi connectivity index (χ0v) is 16.0. The Balaban J connectivity index is 1.57. The molecule has 1 atom stereocenters. The van der Waals surface area contributed by atoms with E-state index in [1.807, 2.05) is 32.0 Å². The minimum Gasteiger partial charge on any atom is -0.357 e. The number of carbonyl (C=O) groups is 1. The van der Waals surface area contributed by atoms with Crippen LogP contribution in [0.4, 0.5) is 10.8 Å². The molecule has 5 nitrogen and oxygen atoms in total. The van der Waals surface area contributed by atoms with Crippen molar-refractivity contribution in [2.45, 2.75) is 42.3 Å². The molecule has 1 aromatic carbocycles. The topological polar surface area (TPSA) is 66.9 Å². The molecule has 1 aliphatic rings. The number of carbonyl (C=O) groups excluding carboxylic acids is 1. The van der Waals surface area contributed by atoms with Crippen molar-refractivity contribution >= 4 is 55.8 Å². The summed E-state index contributed by atoms with van der Waals surface area (Å²) in [6.07, 6.45) is 2.40. The maximum absolute atomic E-state index is 12.3. The summed E-state index contributed by atoms with van der Waals surface area (Å²) in [5.41, 5.74) is 1.92. The Morgan fingerprint density at radius 3 is 2.91 bits per heavy atom. The minimum atomic E-state index is -0.245. The van der Waals surface area contributed by atoms with Gasteiger partial charge in [-0.2, -0.15) is 0 Å². The van der Waals surface area contributed by atoms with Crippen LogP contribution in [0.25, 0.3) is 0 Å². The van der Waals surface area contributed by atoms with Crippen LogP contribution in [0, 0.1) is 6.92 Å². The molecule has 1 aromatic heterocycles. The molecule has 0 radical (unpaired) electrons. The summed E-state index contributed by atoms with van der Waals surface area (Å²) in [5.74, 6) is -0.0496. The van der Waals surface area contributed by atoms with Gasteiger partial charge < -0.3 is 10.6 Å². The number of halogens is 1. The smallest absolute Gasteiger partial charge is 0.237 e. The highest BCUT2D eigenvalue weighted by Crippen LogP contribution is 2.32. The summed E-state index contributed by atoms with van der Waals surface area (Å²) in [6, 6.07) is 6.41. The Morgan fingerprint density at radius 2 is 2.22 bits per heavy atom. The van der Waals surface area contributed by atoms with Gasteiger partial charge in [0.25, 0.3) is 0 Å². The first-order valence-electron chi connectivity index (χ1n) is 7.35. The third-order valence-corrected chi connectivity index (χ3v) is 6.04. The van der Waals surface area contributed by atoms with Crippen molar-refractivity contribution in [3.05, 3.63) is 28.2 Å². The van der Waals surface area contributed by atoms with Crippen molar-refractivity contribution in [2.24, 2.45) is 0 Å². The zero-order valence-electron chi connectivity index (χ0n) is 12.8. The Morgan fingerprint density at radius 1 is 1.43 bits per heavy atom. The number of nitrogens with one attached hydrogen (secondary N) is 2. The van der Waals surface area contributed by atoms with Crippen LogP contribution in [0.3, 0.4) is 0 Å². The summed E-state index contributed by atoms with van der Waals surface area (Å²) in [7, 11) is 0. The molecule has 1 aliphatic carbocycles. The molecule has 1 fully saturated rings. The molecule has 2 N–H and O–H groups in total. The molecule has 0 bridgehead atoms. The van der Waals surface area contributed by atoms with Crippen LogP contribution in [-0.4, -0.2) is 27.4 Å². The molecule has 1 heterocycles. The number of amides is 1. The van der Waals surface area contributed by atoms with Crippen molar-refractivity contribution in [3.63, 3.8) is 0 Å².